The molecule has 3 aromatic heterocycles. The molecule has 0 aliphatic carbocycles. The van der Waals surface area contributed by atoms with Crippen LogP contribution in [0.25, 0.3) is 0 Å². The molecule has 3 aromatic rings. The monoisotopic (exact) mass is 405 g/mol. The summed E-state index contributed by atoms with van der Waals surface area (Å²) < 4.78 is 6.29. The second-order valence-electron chi connectivity index (χ2n) is 5.41. The number of furan rings is 1. The van der Waals surface area contributed by atoms with Crippen molar-refractivity contribution < 1.29 is 9.21 Å². The molecule has 0 aromatic carbocycles. The largest absolute Gasteiger partial charge is 0.467 e. The van der Waals surface area contributed by atoms with Crippen LogP contribution in [0.1, 0.15) is 23.1 Å². The fourth-order valence-electron chi connectivity index (χ4n) is 2.59. The number of hydrogen-bond acceptors (Lipinski definition) is 9. The third-order valence-corrected chi connectivity index (χ3v) is 6.76. The lowest BCUT2D eigenvalue weighted by molar-refractivity contribution is -0.130. The Morgan fingerprint density at radius 3 is 3.04 bits per heavy atom. The zero-order valence-corrected chi connectivity index (χ0v) is 16.2. The molecule has 7 nitrogen and oxygen atoms in total. The molecule has 0 saturated carbocycles. The van der Waals surface area contributed by atoms with Crippen LogP contribution in [0.4, 0.5) is 5.13 Å². The molecular formula is C16H15N5O2S3. The zero-order chi connectivity index (χ0) is 17.9. The first-order chi connectivity index (χ1) is 12.7. The average Bonchev–Trinajstić information content (AvgIpc) is 3.45. The molecule has 10 heteroatoms. The van der Waals surface area contributed by atoms with E-state index in [9.17, 15) is 4.79 Å². The summed E-state index contributed by atoms with van der Waals surface area (Å²) in [6.45, 7) is 0. The molecule has 1 aliphatic heterocycles. The van der Waals surface area contributed by atoms with Gasteiger partial charge in [-0.05, 0) is 23.6 Å². The Balaban J connectivity index is 1.51. The minimum atomic E-state index is -0.211. The highest BCUT2D eigenvalue weighted by molar-refractivity contribution is 8.01. The molecular weight excluding hydrogens is 390 g/mol. The Morgan fingerprint density at radius 2 is 2.35 bits per heavy atom. The van der Waals surface area contributed by atoms with Gasteiger partial charge in [0.1, 0.15) is 11.8 Å². The van der Waals surface area contributed by atoms with Crippen LogP contribution in [0, 0.1) is 0 Å². The fraction of sp³-hybridized carbons (Fsp3) is 0.250. The van der Waals surface area contributed by atoms with Gasteiger partial charge in [0.2, 0.25) is 5.13 Å². The number of nitrogens with zero attached hydrogens (tertiary/aromatic N) is 4. The molecule has 4 rings (SSSR count). The van der Waals surface area contributed by atoms with E-state index >= 15 is 0 Å². The summed E-state index contributed by atoms with van der Waals surface area (Å²) in [4.78, 5) is 13.9. The lowest BCUT2D eigenvalue weighted by Gasteiger charge is -2.19. The summed E-state index contributed by atoms with van der Waals surface area (Å²) in [5.74, 6) is 0.910. The summed E-state index contributed by atoms with van der Waals surface area (Å²) in [7, 11) is 1.79. The van der Waals surface area contributed by atoms with Crippen LogP contribution in [-0.4, -0.2) is 39.6 Å². The molecule has 1 N–H and O–H groups in total. The molecule has 1 aliphatic rings. The molecule has 4 heterocycles. The van der Waals surface area contributed by atoms with E-state index in [1.54, 1.807) is 29.7 Å². The molecule has 1 amide bonds. The Kier molecular flexibility index (Phi) is 5.05. The molecule has 0 bridgehead atoms. The molecule has 0 radical (unpaired) electrons. The van der Waals surface area contributed by atoms with Gasteiger partial charge in [-0.15, -0.1) is 21.5 Å². The zero-order valence-electron chi connectivity index (χ0n) is 13.8. The maximum Gasteiger partial charge on any atom is 0.253 e. The van der Waals surface area contributed by atoms with Crippen LogP contribution in [0.5, 0.6) is 0 Å². The number of aromatic nitrogens is 2. The molecule has 1 atom stereocenters. The first-order valence-corrected chi connectivity index (χ1v) is 10.5. The number of rotatable bonds is 6. The summed E-state index contributed by atoms with van der Waals surface area (Å²) in [6.07, 6.45) is 2.27. The van der Waals surface area contributed by atoms with Crippen molar-refractivity contribution in [2.24, 2.45) is 5.10 Å². The lowest BCUT2D eigenvalue weighted by atomic mass is 10.1. The van der Waals surface area contributed by atoms with Crippen molar-refractivity contribution >= 4 is 51.2 Å². The number of carbonyl (C=O) groups is 1. The van der Waals surface area contributed by atoms with Gasteiger partial charge in [-0.1, -0.05) is 29.2 Å². The predicted molar refractivity (Wildman–Crippen MR) is 104 cm³/mol. The van der Waals surface area contributed by atoms with Crippen molar-refractivity contribution in [3.8, 4) is 0 Å². The summed E-state index contributed by atoms with van der Waals surface area (Å²) in [5, 5.41) is 19.9. The molecule has 1 unspecified atom stereocenters. The number of thioether (sulfide) groups is 1. The highest BCUT2D eigenvalue weighted by atomic mass is 32.2. The Morgan fingerprint density at radius 1 is 1.42 bits per heavy atom. The van der Waals surface area contributed by atoms with Crippen LogP contribution >= 0.6 is 34.4 Å². The molecule has 0 saturated heterocycles. The molecule has 134 valence electrons. The Hall–Kier alpha value is -2.17. The first kappa shape index (κ1) is 17.3. The van der Waals surface area contributed by atoms with E-state index < -0.39 is 0 Å². The van der Waals surface area contributed by atoms with Gasteiger partial charge in [0, 0.05) is 13.5 Å². The first-order valence-electron chi connectivity index (χ1n) is 7.85. The molecule has 26 heavy (non-hydrogen) atoms. The molecule has 0 spiro atoms. The Labute approximate surface area is 162 Å². The van der Waals surface area contributed by atoms with Crippen molar-refractivity contribution in [3.05, 3.63) is 46.5 Å². The number of anilines is 1. The topological polar surface area (TPSA) is 83.6 Å². The standard InChI is InChI=1S/C16H15N5O2S3/c1-17-15-18-19-16(26-15)25-9-14(22)21-11(12-4-2-6-23-12)8-10(20-21)13-5-3-7-24-13/h2-7,11H,8-9H2,1H3,(H,17,18). The minimum absolute atomic E-state index is 0.0795. The third-order valence-electron chi connectivity index (χ3n) is 3.78. The van der Waals surface area contributed by atoms with E-state index in [0.29, 0.717) is 6.42 Å². The van der Waals surface area contributed by atoms with E-state index in [4.69, 9.17) is 4.42 Å². The van der Waals surface area contributed by atoms with Crippen molar-refractivity contribution in [1.82, 2.24) is 15.2 Å². The highest BCUT2D eigenvalue weighted by Crippen LogP contribution is 2.35. The number of nitrogens with one attached hydrogen (secondary N) is 1. The van der Waals surface area contributed by atoms with Crippen molar-refractivity contribution in [3.63, 3.8) is 0 Å². The van der Waals surface area contributed by atoms with E-state index in [2.05, 4.69) is 20.6 Å². The number of hydrogen-bond donors (Lipinski definition) is 1. The van der Waals surface area contributed by atoms with Gasteiger partial charge >= 0.3 is 0 Å². The van der Waals surface area contributed by atoms with Gasteiger partial charge in [0.05, 0.1) is 22.6 Å². The summed E-state index contributed by atoms with van der Waals surface area (Å²) in [6, 6.07) is 7.51. The predicted octanol–water partition coefficient (Wildman–Crippen LogP) is 3.70. The normalized spacial score (nSPS) is 16.7. The van der Waals surface area contributed by atoms with Crippen LogP contribution < -0.4 is 5.32 Å². The molecule has 0 fully saturated rings. The lowest BCUT2D eigenvalue weighted by Crippen LogP contribution is -2.28. The van der Waals surface area contributed by atoms with Crippen LogP contribution in [0.15, 0.2) is 49.8 Å². The number of hydrazone groups is 1. The smallest absolute Gasteiger partial charge is 0.253 e. The fourth-order valence-corrected chi connectivity index (χ4v) is 4.87. The van der Waals surface area contributed by atoms with Gasteiger partial charge in [0.15, 0.2) is 4.34 Å². The number of amides is 1. The van der Waals surface area contributed by atoms with Crippen LogP contribution in [0.3, 0.4) is 0 Å². The van der Waals surface area contributed by atoms with Crippen molar-refractivity contribution in [2.75, 3.05) is 18.1 Å². The SMILES string of the molecule is CNc1nnc(SCC(=O)N2N=C(c3cccs3)CC2c2ccco2)s1. The third kappa shape index (κ3) is 3.53. The van der Waals surface area contributed by atoms with Gasteiger partial charge in [0.25, 0.3) is 5.91 Å². The van der Waals surface area contributed by atoms with Gasteiger partial charge in [-0.25, -0.2) is 5.01 Å². The van der Waals surface area contributed by atoms with Crippen LogP contribution in [0.2, 0.25) is 0 Å². The second-order valence-corrected chi connectivity index (χ2v) is 8.56. The minimum Gasteiger partial charge on any atom is -0.467 e. The van der Waals surface area contributed by atoms with Gasteiger partial charge < -0.3 is 9.73 Å². The van der Waals surface area contributed by atoms with Gasteiger partial charge in [-0.3, -0.25) is 4.79 Å². The van der Waals surface area contributed by atoms with E-state index in [-0.39, 0.29) is 17.7 Å². The summed E-state index contributed by atoms with van der Waals surface area (Å²) >= 11 is 4.41. The van der Waals surface area contributed by atoms with Crippen molar-refractivity contribution in [2.45, 2.75) is 16.8 Å². The summed E-state index contributed by atoms with van der Waals surface area (Å²) in [5.41, 5.74) is 0.910. The average molecular weight is 406 g/mol. The number of thiophene rings is 1. The maximum absolute atomic E-state index is 12.8. The maximum atomic E-state index is 12.8. The quantitative estimate of drug-likeness (QED) is 0.630. The number of carbonyl (C=O) groups excluding carboxylic acids is 1. The van der Waals surface area contributed by atoms with E-state index in [1.165, 1.54) is 23.1 Å². The van der Waals surface area contributed by atoms with Crippen LogP contribution in [-0.2, 0) is 4.79 Å². The van der Waals surface area contributed by atoms with Gasteiger partial charge in [-0.2, -0.15) is 5.10 Å². The Bertz CT molecular complexity index is 904. The highest BCUT2D eigenvalue weighted by Gasteiger charge is 2.35. The van der Waals surface area contributed by atoms with Crippen molar-refractivity contribution in [1.29, 1.82) is 0 Å². The van der Waals surface area contributed by atoms with E-state index in [1.807, 2.05) is 29.6 Å². The van der Waals surface area contributed by atoms with E-state index in [0.717, 1.165) is 25.8 Å². The second kappa shape index (κ2) is 7.60.